The van der Waals surface area contributed by atoms with Gasteiger partial charge in [0.2, 0.25) is 0 Å². The van der Waals surface area contributed by atoms with Crippen LogP contribution in [0.2, 0.25) is 0 Å². The summed E-state index contributed by atoms with van der Waals surface area (Å²) in [6.45, 7) is 6.70. The standard InChI is InChI=1S/C21H30N4OS2/c1-2-22-21(23-11-15-28(26)20-6-4-3-5-7-20)24-19-8-12-25(13-9-19)16-18-10-14-27-17-18/h3-7,10,14,17,19H,2,8-9,11-13,15-16H2,1H3,(H2,22,23,24). The second-order valence-electron chi connectivity index (χ2n) is 6.95. The number of likely N-dealkylation sites (tertiary alicyclic amines) is 1. The molecule has 1 aliphatic rings. The van der Waals surface area contributed by atoms with E-state index in [2.05, 4.69) is 44.3 Å². The topological polar surface area (TPSA) is 56.7 Å². The zero-order chi connectivity index (χ0) is 19.6. The number of guanidine groups is 1. The Kier molecular flexibility index (Phi) is 8.51. The lowest BCUT2D eigenvalue weighted by Gasteiger charge is -2.33. The highest BCUT2D eigenvalue weighted by molar-refractivity contribution is 7.85. The molecule has 1 aliphatic heterocycles. The molecule has 1 fully saturated rings. The van der Waals surface area contributed by atoms with Crippen molar-refractivity contribution in [2.45, 2.75) is 37.2 Å². The van der Waals surface area contributed by atoms with Crippen LogP contribution in [0, 0.1) is 0 Å². The first-order valence-electron chi connectivity index (χ1n) is 9.96. The number of thiophene rings is 1. The Bertz CT molecular complexity index is 741. The van der Waals surface area contributed by atoms with Gasteiger partial charge in [-0.15, -0.1) is 0 Å². The van der Waals surface area contributed by atoms with E-state index >= 15 is 0 Å². The molecule has 0 saturated carbocycles. The molecule has 0 spiro atoms. The fraction of sp³-hybridized carbons (Fsp3) is 0.476. The Morgan fingerprint density at radius 2 is 2.04 bits per heavy atom. The number of hydrogen-bond acceptors (Lipinski definition) is 4. The predicted octanol–water partition coefficient (Wildman–Crippen LogP) is 3.08. The normalized spacial score (nSPS) is 17.4. The van der Waals surface area contributed by atoms with E-state index in [1.54, 1.807) is 11.3 Å². The van der Waals surface area contributed by atoms with E-state index in [9.17, 15) is 4.21 Å². The van der Waals surface area contributed by atoms with E-state index in [0.29, 0.717) is 18.3 Å². The molecular formula is C21H30N4OS2. The highest BCUT2D eigenvalue weighted by Gasteiger charge is 2.20. The molecule has 2 heterocycles. The second kappa shape index (κ2) is 11.3. The van der Waals surface area contributed by atoms with E-state index in [0.717, 1.165) is 49.9 Å². The summed E-state index contributed by atoms with van der Waals surface area (Å²) in [5.41, 5.74) is 1.41. The molecule has 1 atom stereocenters. The number of nitrogens with zero attached hydrogens (tertiary/aromatic N) is 2. The SMILES string of the molecule is CCNC(=NCCS(=O)c1ccccc1)NC1CCN(Cc2ccsc2)CC1. The average Bonchev–Trinajstić information content (AvgIpc) is 3.23. The van der Waals surface area contributed by atoms with Crippen molar-refractivity contribution in [1.29, 1.82) is 0 Å². The van der Waals surface area contributed by atoms with Crippen LogP contribution in [-0.4, -0.2) is 53.0 Å². The van der Waals surface area contributed by atoms with E-state index in [1.165, 1.54) is 5.56 Å². The molecule has 3 rings (SSSR count). The van der Waals surface area contributed by atoms with Crippen molar-refractivity contribution in [2.75, 3.05) is 31.9 Å². The van der Waals surface area contributed by atoms with Crippen molar-refractivity contribution in [2.24, 2.45) is 4.99 Å². The number of hydrogen-bond donors (Lipinski definition) is 2. The van der Waals surface area contributed by atoms with Crippen molar-refractivity contribution in [3.63, 3.8) is 0 Å². The van der Waals surface area contributed by atoms with Gasteiger partial charge in [0.25, 0.3) is 0 Å². The van der Waals surface area contributed by atoms with Crippen molar-refractivity contribution < 1.29 is 4.21 Å². The van der Waals surface area contributed by atoms with Crippen LogP contribution in [0.5, 0.6) is 0 Å². The monoisotopic (exact) mass is 418 g/mol. The lowest BCUT2D eigenvalue weighted by molar-refractivity contribution is 0.198. The van der Waals surface area contributed by atoms with Gasteiger partial charge in [0.05, 0.1) is 17.3 Å². The molecule has 28 heavy (non-hydrogen) atoms. The maximum Gasteiger partial charge on any atom is 0.191 e. The maximum atomic E-state index is 12.3. The lowest BCUT2D eigenvalue weighted by Crippen LogP contribution is -2.48. The number of rotatable bonds is 8. The van der Waals surface area contributed by atoms with Crippen LogP contribution in [0.15, 0.2) is 57.0 Å². The van der Waals surface area contributed by atoms with E-state index < -0.39 is 10.8 Å². The van der Waals surface area contributed by atoms with Gasteiger partial charge >= 0.3 is 0 Å². The lowest BCUT2D eigenvalue weighted by atomic mass is 10.0. The fourth-order valence-electron chi connectivity index (χ4n) is 3.32. The first-order chi connectivity index (χ1) is 13.7. The molecule has 2 N–H and O–H groups in total. The number of benzene rings is 1. The Balaban J connectivity index is 1.44. The van der Waals surface area contributed by atoms with Crippen LogP contribution in [0.3, 0.4) is 0 Å². The minimum atomic E-state index is -1.000. The fourth-order valence-corrected chi connectivity index (χ4v) is 4.93. The van der Waals surface area contributed by atoms with Gasteiger partial charge < -0.3 is 10.6 Å². The Labute approximate surface area is 174 Å². The molecule has 7 heteroatoms. The first-order valence-corrected chi connectivity index (χ1v) is 12.2. The summed E-state index contributed by atoms with van der Waals surface area (Å²) < 4.78 is 12.3. The number of piperidine rings is 1. The Morgan fingerprint density at radius 3 is 2.71 bits per heavy atom. The van der Waals surface area contributed by atoms with Crippen LogP contribution in [0.4, 0.5) is 0 Å². The van der Waals surface area contributed by atoms with E-state index in [1.807, 2.05) is 30.3 Å². The quantitative estimate of drug-likeness (QED) is 0.511. The predicted molar refractivity (Wildman–Crippen MR) is 119 cm³/mol. The molecule has 0 amide bonds. The van der Waals surface area contributed by atoms with Gasteiger partial charge in [-0.2, -0.15) is 11.3 Å². The van der Waals surface area contributed by atoms with Crippen LogP contribution in [-0.2, 0) is 17.3 Å². The van der Waals surface area contributed by atoms with Crippen LogP contribution in [0.1, 0.15) is 25.3 Å². The summed E-state index contributed by atoms with van der Waals surface area (Å²) in [5, 5.41) is 11.3. The largest absolute Gasteiger partial charge is 0.357 e. The smallest absolute Gasteiger partial charge is 0.191 e. The Morgan fingerprint density at radius 1 is 1.25 bits per heavy atom. The first kappa shape index (κ1) is 21.0. The summed E-state index contributed by atoms with van der Waals surface area (Å²) in [7, 11) is -1.000. The van der Waals surface area contributed by atoms with Crippen molar-refractivity contribution >= 4 is 28.1 Å². The summed E-state index contributed by atoms with van der Waals surface area (Å²) in [6.07, 6.45) is 2.23. The van der Waals surface area contributed by atoms with Gasteiger partial charge in [-0.1, -0.05) is 18.2 Å². The zero-order valence-corrected chi connectivity index (χ0v) is 18.1. The Hall–Kier alpha value is -1.70. The minimum Gasteiger partial charge on any atom is -0.357 e. The highest BCUT2D eigenvalue weighted by Crippen LogP contribution is 2.15. The highest BCUT2D eigenvalue weighted by atomic mass is 32.2. The molecule has 2 aromatic rings. The molecule has 5 nitrogen and oxygen atoms in total. The molecule has 152 valence electrons. The number of aliphatic imine (C=N–C) groups is 1. The van der Waals surface area contributed by atoms with Crippen LogP contribution < -0.4 is 10.6 Å². The third-order valence-corrected chi connectivity index (χ3v) is 6.89. The molecule has 0 bridgehead atoms. The number of nitrogens with one attached hydrogen (secondary N) is 2. The summed E-state index contributed by atoms with van der Waals surface area (Å²) in [5.74, 6) is 1.38. The van der Waals surface area contributed by atoms with Gasteiger partial charge in [0, 0.05) is 42.9 Å². The summed E-state index contributed by atoms with van der Waals surface area (Å²) in [6, 6.07) is 12.3. The molecule has 1 aromatic heterocycles. The van der Waals surface area contributed by atoms with Gasteiger partial charge in [0.1, 0.15) is 0 Å². The molecule has 1 unspecified atom stereocenters. The molecule has 0 aliphatic carbocycles. The van der Waals surface area contributed by atoms with E-state index in [-0.39, 0.29) is 0 Å². The molecule has 0 radical (unpaired) electrons. The molecule has 1 saturated heterocycles. The molecular weight excluding hydrogens is 388 g/mol. The van der Waals surface area contributed by atoms with Crippen molar-refractivity contribution in [3.05, 3.63) is 52.7 Å². The van der Waals surface area contributed by atoms with Crippen LogP contribution >= 0.6 is 11.3 Å². The third-order valence-electron chi connectivity index (χ3n) is 4.81. The van der Waals surface area contributed by atoms with Gasteiger partial charge in [-0.3, -0.25) is 14.1 Å². The summed E-state index contributed by atoms with van der Waals surface area (Å²) >= 11 is 1.77. The summed E-state index contributed by atoms with van der Waals surface area (Å²) in [4.78, 5) is 8.03. The van der Waals surface area contributed by atoms with Gasteiger partial charge in [-0.25, -0.2) is 0 Å². The van der Waals surface area contributed by atoms with E-state index in [4.69, 9.17) is 0 Å². The maximum absolute atomic E-state index is 12.3. The van der Waals surface area contributed by atoms with Crippen molar-refractivity contribution in [1.82, 2.24) is 15.5 Å². The zero-order valence-electron chi connectivity index (χ0n) is 16.5. The van der Waals surface area contributed by atoms with Gasteiger partial charge in [0.15, 0.2) is 5.96 Å². The third kappa shape index (κ3) is 6.72. The van der Waals surface area contributed by atoms with Gasteiger partial charge in [-0.05, 0) is 54.3 Å². The van der Waals surface area contributed by atoms with Crippen LogP contribution in [0.25, 0.3) is 0 Å². The average molecular weight is 419 g/mol. The minimum absolute atomic E-state index is 0.441. The van der Waals surface area contributed by atoms with Crippen molar-refractivity contribution in [3.8, 4) is 0 Å². The molecule has 1 aromatic carbocycles. The second-order valence-corrected chi connectivity index (χ2v) is 9.30.